The van der Waals surface area contributed by atoms with Gasteiger partial charge in [-0.3, -0.25) is 0 Å². The molecule has 0 rings (SSSR count). The van der Waals surface area contributed by atoms with E-state index in [0.29, 0.717) is 19.3 Å². The predicted octanol–water partition coefficient (Wildman–Crippen LogP) is 1.06. The van der Waals surface area contributed by atoms with Crippen molar-refractivity contribution in [3.8, 4) is 6.07 Å². The van der Waals surface area contributed by atoms with Crippen molar-refractivity contribution in [2.75, 3.05) is 6.61 Å². The van der Waals surface area contributed by atoms with E-state index < -0.39 is 18.6 Å². The molecule has 0 aromatic rings. The highest BCUT2D eigenvalue weighted by atomic mass is 19.3. The van der Waals surface area contributed by atoms with Gasteiger partial charge in [-0.2, -0.15) is 5.26 Å². The predicted molar refractivity (Wildman–Crippen MR) is 42.1 cm³/mol. The number of aliphatic hydroxyl groups excluding tert-OH is 2. The molecule has 1 unspecified atom stereocenters. The summed E-state index contributed by atoms with van der Waals surface area (Å²) >= 11 is 0. The summed E-state index contributed by atoms with van der Waals surface area (Å²) in [7, 11) is 0. The molecule has 76 valence electrons. The minimum absolute atomic E-state index is 0.0881. The highest BCUT2D eigenvalue weighted by molar-refractivity contribution is 4.76. The summed E-state index contributed by atoms with van der Waals surface area (Å²) in [5.41, 5.74) is 0. The first-order valence-electron chi connectivity index (χ1n) is 4.08. The van der Waals surface area contributed by atoms with Crippen LogP contribution in [-0.4, -0.2) is 28.8 Å². The van der Waals surface area contributed by atoms with Crippen molar-refractivity contribution in [1.82, 2.24) is 0 Å². The fraction of sp³-hybridized carbons (Fsp3) is 0.875. The molecular formula is C8H13F2NO2. The summed E-state index contributed by atoms with van der Waals surface area (Å²) < 4.78 is 25.0. The van der Waals surface area contributed by atoms with Gasteiger partial charge in [0.15, 0.2) is 0 Å². The number of halogens is 2. The Hall–Kier alpha value is -0.730. The maximum absolute atomic E-state index is 12.5. The van der Waals surface area contributed by atoms with E-state index in [0.717, 1.165) is 0 Å². The number of nitrogens with zero attached hydrogens (tertiary/aromatic N) is 1. The van der Waals surface area contributed by atoms with Gasteiger partial charge in [0.1, 0.15) is 12.7 Å². The lowest BCUT2D eigenvalue weighted by molar-refractivity contribution is -0.138. The van der Waals surface area contributed by atoms with Crippen molar-refractivity contribution in [2.24, 2.45) is 0 Å². The normalized spacial score (nSPS) is 13.8. The van der Waals surface area contributed by atoms with E-state index in [2.05, 4.69) is 0 Å². The number of alkyl halides is 2. The quantitative estimate of drug-likeness (QED) is 0.620. The molecule has 2 N–H and O–H groups in total. The fourth-order valence-corrected chi connectivity index (χ4v) is 0.858. The molecular weight excluding hydrogens is 180 g/mol. The Morgan fingerprint density at radius 1 is 1.38 bits per heavy atom. The van der Waals surface area contributed by atoms with Crippen LogP contribution in [0.2, 0.25) is 0 Å². The monoisotopic (exact) mass is 193 g/mol. The molecule has 0 fully saturated rings. The van der Waals surface area contributed by atoms with Crippen LogP contribution in [0.15, 0.2) is 0 Å². The van der Waals surface area contributed by atoms with Gasteiger partial charge in [0.25, 0.3) is 5.92 Å². The zero-order valence-corrected chi connectivity index (χ0v) is 7.21. The molecule has 0 aliphatic rings. The minimum Gasteiger partial charge on any atom is -0.390 e. The van der Waals surface area contributed by atoms with Crippen molar-refractivity contribution in [3.63, 3.8) is 0 Å². The lowest BCUT2D eigenvalue weighted by Crippen LogP contribution is -2.36. The van der Waals surface area contributed by atoms with Gasteiger partial charge < -0.3 is 10.2 Å². The van der Waals surface area contributed by atoms with Crippen LogP contribution in [0.25, 0.3) is 0 Å². The van der Waals surface area contributed by atoms with E-state index in [4.69, 9.17) is 15.5 Å². The summed E-state index contributed by atoms with van der Waals surface area (Å²) in [6.45, 7) is -1.34. The van der Waals surface area contributed by atoms with E-state index in [9.17, 15) is 8.78 Å². The minimum atomic E-state index is -3.42. The van der Waals surface area contributed by atoms with Gasteiger partial charge >= 0.3 is 0 Å². The molecule has 0 aromatic heterocycles. The number of hydrogen-bond donors (Lipinski definition) is 2. The van der Waals surface area contributed by atoms with Gasteiger partial charge in [-0.1, -0.05) is 0 Å². The Morgan fingerprint density at radius 3 is 2.46 bits per heavy atom. The van der Waals surface area contributed by atoms with Crippen LogP contribution in [0.4, 0.5) is 8.78 Å². The second-order valence-corrected chi connectivity index (χ2v) is 2.84. The highest BCUT2D eigenvalue weighted by Gasteiger charge is 2.36. The van der Waals surface area contributed by atoms with Crippen LogP contribution >= 0.6 is 0 Å². The molecule has 5 heteroatoms. The van der Waals surface area contributed by atoms with Crippen LogP contribution in [0.1, 0.15) is 25.7 Å². The van der Waals surface area contributed by atoms with Crippen molar-refractivity contribution in [2.45, 2.75) is 37.7 Å². The average molecular weight is 193 g/mol. The van der Waals surface area contributed by atoms with Crippen molar-refractivity contribution >= 4 is 0 Å². The van der Waals surface area contributed by atoms with Gasteiger partial charge in [0.2, 0.25) is 0 Å². The molecule has 0 aromatic carbocycles. The number of rotatable bonds is 6. The van der Waals surface area contributed by atoms with E-state index in [-0.39, 0.29) is 6.42 Å². The Balaban J connectivity index is 3.63. The zero-order chi connectivity index (χ0) is 10.3. The average Bonchev–Trinajstić information content (AvgIpc) is 2.12. The topological polar surface area (TPSA) is 64.2 Å². The lowest BCUT2D eigenvalue weighted by atomic mass is 10.1. The van der Waals surface area contributed by atoms with Crippen molar-refractivity contribution in [3.05, 3.63) is 0 Å². The van der Waals surface area contributed by atoms with Crippen LogP contribution in [-0.2, 0) is 0 Å². The summed E-state index contributed by atoms with van der Waals surface area (Å²) in [5, 5.41) is 25.2. The third kappa shape index (κ3) is 4.76. The fourth-order valence-electron chi connectivity index (χ4n) is 0.858. The summed E-state index contributed by atoms with van der Waals surface area (Å²) in [5.74, 6) is -3.42. The van der Waals surface area contributed by atoms with Crippen molar-refractivity contribution in [1.29, 1.82) is 5.26 Å². The standard InChI is InChI=1S/C8H13F2NO2/c9-8(10,6-12)7(13)4-2-1-3-5-11/h7,12-13H,1-4,6H2. The van der Waals surface area contributed by atoms with Crippen molar-refractivity contribution < 1.29 is 19.0 Å². The number of unbranched alkanes of at least 4 members (excludes halogenated alkanes) is 2. The molecule has 0 heterocycles. The van der Waals surface area contributed by atoms with E-state index in [1.807, 2.05) is 6.07 Å². The number of nitriles is 1. The molecule has 0 spiro atoms. The molecule has 0 saturated carbocycles. The van der Waals surface area contributed by atoms with Gasteiger partial charge in [0.05, 0.1) is 6.07 Å². The first-order chi connectivity index (χ1) is 6.04. The largest absolute Gasteiger partial charge is 0.390 e. The smallest absolute Gasteiger partial charge is 0.295 e. The van der Waals surface area contributed by atoms with Gasteiger partial charge in [0, 0.05) is 6.42 Å². The highest BCUT2D eigenvalue weighted by Crippen LogP contribution is 2.21. The molecule has 1 atom stereocenters. The number of aliphatic hydroxyl groups is 2. The Bertz CT molecular complexity index is 179. The molecule has 0 radical (unpaired) electrons. The Morgan fingerprint density at radius 2 is 2.00 bits per heavy atom. The molecule has 0 amide bonds. The van der Waals surface area contributed by atoms with E-state index in [1.165, 1.54) is 0 Å². The van der Waals surface area contributed by atoms with Gasteiger partial charge in [-0.15, -0.1) is 0 Å². The number of hydrogen-bond acceptors (Lipinski definition) is 3. The second kappa shape index (κ2) is 5.84. The van der Waals surface area contributed by atoms with E-state index in [1.54, 1.807) is 0 Å². The molecule has 0 aliphatic heterocycles. The maximum Gasteiger partial charge on any atom is 0.295 e. The summed E-state index contributed by atoms with van der Waals surface area (Å²) in [4.78, 5) is 0. The second-order valence-electron chi connectivity index (χ2n) is 2.84. The lowest BCUT2D eigenvalue weighted by Gasteiger charge is -2.19. The van der Waals surface area contributed by atoms with Gasteiger partial charge in [-0.05, 0) is 19.3 Å². The Kier molecular flexibility index (Phi) is 5.51. The summed E-state index contributed by atoms with van der Waals surface area (Å²) in [6.07, 6.45) is -0.734. The first-order valence-corrected chi connectivity index (χ1v) is 4.08. The molecule has 0 bridgehead atoms. The van der Waals surface area contributed by atoms with Crippen LogP contribution in [0.3, 0.4) is 0 Å². The summed E-state index contributed by atoms with van der Waals surface area (Å²) in [6, 6.07) is 1.88. The molecule has 3 nitrogen and oxygen atoms in total. The van der Waals surface area contributed by atoms with E-state index >= 15 is 0 Å². The van der Waals surface area contributed by atoms with Gasteiger partial charge in [-0.25, -0.2) is 8.78 Å². The zero-order valence-electron chi connectivity index (χ0n) is 7.21. The first kappa shape index (κ1) is 12.3. The third-order valence-corrected chi connectivity index (χ3v) is 1.71. The molecule has 13 heavy (non-hydrogen) atoms. The maximum atomic E-state index is 12.5. The van der Waals surface area contributed by atoms with Crippen LogP contribution in [0, 0.1) is 11.3 Å². The SMILES string of the molecule is N#CCCCCC(O)C(F)(F)CO. The van der Waals surface area contributed by atoms with Crippen LogP contribution in [0.5, 0.6) is 0 Å². The molecule has 0 aliphatic carbocycles. The molecule has 0 saturated heterocycles. The Labute approximate surface area is 75.6 Å². The third-order valence-electron chi connectivity index (χ3n) is 1.71. The van der Waals surface area contributed by atoms with Crippen LogP contribution < -0.4 is 0 Å².